The van der Waals surface area contributed by atoms with Crippen LogP contribution in [0.4, 0.5) is 4.79 Å². The van der Waals surface area contributed by atoms with Crippen LogP contribution < -0.4 is 16.6 Å². The summed E-state index contributed by atoms with van der Waals surface area (Å²) in [5, 5.41) is 10.8. The number of nitrogens with one attached hydrogen (secondary N) is 2. The van der Waals surface area contributed by atoms with Gasteiger partial charge in [-0.25, -0.2) is 10.6 Å². The van der Waals surface area contributed by atoms with Crippen LogP contribution in [-0.4, -0.2) is 23.1 Å². The van der Waals surface area contributed by atoms with Crippen LogP contribution in [-0.2, 0) is 17.6 Å². The summed E-state index contributed by atoms with van der Waals surface area (Å²) in [7, 11) is 0. The lowest BCUT2D eigenvalue weighted by Crippen LogP contribution is -2.49. The lowest BCUT2D eigenvalue weighted by molar-refractivity contribution is -0.123. The SMILES string of the molecule is CCc1ccc(CC(NC(=O)O)C(=O)NN)cc1. The number of nitrogens with two attached hydrogens (primary N) is 1. The summed E-state index contributed by atoms with van der Waals surface area (Å²) in [5.74, 6) is 4.46. The van der Waals surface area contributed by atoms with Gasteiger partial charge in [-0.1, -0.05) is 31.2 Å². The molecule has 0 aliphatic rings. The monoisotopic (exact) mass is 251 g/mol. The zero-order chi connectivity index (χ0) is 13.5. The molecule has 0 aliphatic carbocycles. The van der Waals surface area contributed by atoms with Gasteiger partial charge >= 0.3 is 6.09 Å². The van der Waals surface area contributed by atoms with Gasteiger partial charge in [0.15, 0.2) is 0 Å². The van der Waals surface area contributed by atoms with Gasteiger partial charge in [-0.15, -0.1) is 0 Å². The van der Waals surface area contributed by atoms with Crippen molar-refractivity contribution in [2.24, 2.45) is 5.84 Å². The Kier molecular flexibility index (Phi) is 5.13. The Labute approximate surface area is 105 Å². The molecule has 0 fully saturated rings. The fourth-order valence-electron chi connectivity index (χ4n) is 1.61. The maximum Gasteiger partial charge on any atom is 0.405 e. The molecule has 98 valence electrons. The third kappa shape index (κ3) is 4.06. The highest BCUT2D eigenvalue weighted by Crippen LogP contribution is 2.07. The van der Waals surface area contributed by atoms with E-state index in [4.69, 9.17) is 10.9 Å². The Hall–Kier alpha value is -2.08. The molecule has 6 nitrogen and oxygen atoms in total. The molecule has 1 aromatic rings. The van der Waals surface area contributed by atoms with Crippen LogP contribution in [0.15, 0.2) is 24.3 Å². The molecular weight excluding hydrogens is 234 g/mol. The predicted molar refractivity (Wildman–Crippen MR) is 66.8 cm³/mol. The second-order valence-electron chi connectivity index (χ2n) is 3.88. The minimum atomic E-state index is -1.26. The number of aryl methyl sites for hydroxylation is 1. The first-order chi connectivity index (χ1) is 8.56. The lowest BCUT2D eigenvalue weighted by atomic mass is 10.0. The molecule has 0 heterocycles. The van der Waals surface area contributed by atoms with Gasteiger partial charge in [0.1, 0.15) is 6.04 Å². The molecule has 0 aromatic heterocycles. The minimum Gasteiger partial charge on any atom is -0.465 e. The topological polar surface area (TPSA) is 104 Å². The first kappa shape index (κ1) is 14.0. The van der Waals surface area contributed by atoms with Crippen LogP contribution in [0.2, 0.25) is 0 Å². The van der Waals surface area contributed by atoms with Gasteiger partial charge in [-0.2, -0.15) is 0 Å². The third-order valence-corrected chi connectivity index (χ3v) is 2.63. The number of hydrogen-bond acceptors (Lipinski definition) is 3. The van der Waals surface area contributed by atoms with E-state index in [2.05, 4.69) is 5.32 Å². The van der Waals surface area contributed by atoms with Gasteiger partial charge in [0.05, 0.1) is 0 Å². The molecule has 6 heteroatoms. The molecule has 1 atom stereocenters. The molecule has 0 bridgehead atoms. The summed E-state index contributed by atoms with van der Waals surface area (Å²) in [4.78, 5) is 22.0. The van der Waals surface area contributed by atoms with E-state index in [0.29, 0.717) is 0 Å². The van der Waals surface area contributed by atoms with Gasteiger partial charge < -0.3 is 10.4 Å². The third-order valence-electron chi connectivity index (χ3n) is 2.63. The van der Waals surface area contributed by atoms with Crippen molar-refractivity contribution in [2.45, 2.75) is 25.8 Å². The molecule has 0 radical (unpaired) electrons. The Morgan fingerprint density at radius 3 is 2.28 bits per heavy atom. The predicted octanol–water partition coefficient (Wildman–Crippen LogP) is 0.418. The highest BCUT2D eigenvalue weighted by molar-refractivity contribution is 5.85. The zero-order valence-corrected chi connectivity index (χ0v) is 10.1. The highest BCUT2D eigenvalue weighted by atomic mass is 16.4. The summed E-state index contributed by atoms with van der Waals surface area (Å²) in [6, 6.07) is 6.76. The van der Waals surface area contributed by atoms with Gasteiger partial charge in [0, 0.05) is 6.42 Å². The molecule has 5 N–H and O–H groups in total. The first-order valence-electron chi connectivity index (χ1n) is 5.64. The van der Waals surface area contributed by atoms with Crippen molar-refractivity contribution < 1.29 is 14.7 Å². The van der Waals surface area contributed by atoms with E-state index in [0.717, 1.165) is 12.0 Å². The van der Waals surface area contributed by atoms with Gasteiger partial charge in [-0.05, 0) is 17.5 Å². The second-order valence-corrected chi connectivity index (χ2v) is 3.88. The Balaban J connectivity index is 2.75. The van der Waals surface area contributed by atoms with Gasteiger partial charge in [0.2, 0.25) is 0 Å². The normalized spacial score (nSPS) is 11.7. The van der Waals surface area contributed by atoms with Crippen molar-refractivity contribution in [3.8, 4) is 0 Å². The Bertz CT molecular complexity index is 417. The van der Waals surface area contributed by atoms with Crippen molar-refractivity contribution >= 4 is 12.0 Å². The minimum absolute atomic E-state index is 0.263. The summed E-state index contributed by atoms with van der Waals surface area (Å²) >= 11 is 0. The number of amides is 2. The number of carboxylic acid groups (broad SMARTS) is 1. The van der Waals surface area contributed by atoms with E-state index in [1.807, 2.05) is 36.6 Å². The molecule has 0 saturated heterocycles. The van der Waals surface area contributed by atoms with Crippen molar-refractivity contribution in [3.63, 3.8) is 0 Å². The van der Waals surface area contributed by atoms with Crippen LogP contribution in [0.5, 0.6) is 0 Å². The molecule has 1 rings (SSSR count). The zero-order valence-electron chi connectivity index (χ0n) is 10.1. The number of hydrazine groups is 1. The maximum absolute atomic E-state index is 11.4. The Morgan fingerprint density at radius 1 is 1.28 bits per heavy atom. The first-order valence-corrected chi connectivity index (χ1v) is 5.64. The van der Waals surface area contributed by atoms with Crippen molar-refractivity contribution in [1.29, 1.82) is 0 Å². The number of hydrogen-bond donors (Lipinski definition) is 4. The standard InChI is InChI=1S/C12H17N3O3/c1-2-8-3-5-9(6-4-8)7-10(11(16)15-13)14-12(17)18/h3-6,10,14H,2,7,13H2,1H3,(H,15,16)(H,17,18). The van der Waals surface area contributed by atoms with Crippen LogP contribution in [0.1, 0.15) is 18.1 Å². The fourth-order valence-corrected chi connectivity index (χ4v) is 1.61. The van der Waals surface area contributed by atoms with E-state index < -0.39 is 18.0 Å². The average Bonchev–Trinajstić information content (AvgIpc) is 2.37. The molecule has 0 spiro atoms. The fraction of sp³-hybridized carbons (Fsp3) is 0.333. The molecule has 1 aromatic carbocycles. The van der Waals surface area contributed by atoms with Crippen LogP contribution >= 0.6 is 0 Å². The van der Waals surface area contributed by atoms with E-state index in [1.165, 1.54) is 5.56 Å². The summed E-state index contributed by atoms with van der Waals surface area (Å²) in [6.07, 6.45) is -0.0616. The van der Waals surface area contributed by atoms with E-state index in [-0.39, 0.29) is 6.42 Å². The Morgan fingerprint density at radius 2 is 1.83 bits per heavy atom. The molecular formula is C12H17N3O3. The van der Waals surface area contributed by atoms with Crippen LogP contribution in [0, 0.1) is 0 Å². The average molecular weight is 251 g/mol. The highest BCUT2D eigenvalue weighted by Gasteiger charge is 2.19. The summed E-state index contributed by atoms with van der Waals surface area (Å²) in [5.41, 5.74) is 4.00. The van der Waals surface area contributed by atoms with Crippen molar-refractivity contribution in [1.82, 2.24) is 10.7 Å². The lowest BCUT2D eigenvalue weighted by Gasteiger charge is -2.15. The maximum atomic E-state index is 11.4. The summed E-state index contributed by atoms with van der Waals surface area (Å²) < 4.78 is 0. The summed E-state index contributed by atoms with van der Waals surface area (Å²) in [6.45, 7) is 2.05. The quantitative estimate of drug-likeness (QED) is 0.346. The number of benzene rings is 1. The largest absolute Gasteiger partial charge is 0.465 e. The van der Waals surface area contributed by atoms with Crippen molar-refractivity contribution in [3.05, 3.63) is 35.4 Å². The molecule has 2 amide bonds. The van der Waals surface area contributed by atoms with Gasteiger partial charge in [-0.3, -0.25) is 10.2 Å². The number of rotatable bonds is 5. The van der Waals surface area contributed by atoms with Crippen LogP contribution in [0.3, 0.4) is 0 Å². The smallest absolute Gasteiger partial charge is 0.405 e. The van der Waals surface area contributed by atoms with Gasteiger partial charge in [0.25, 0.3) is 5.91 Å². The second kappa shape index (κ2) is 6.61. The number of carbonyl (C=O) groups excluding carboxylic acids is 1. The van der Waals surface area contributed by atoms with E-state index >= 15 is 0 Å². The van der Waals surface area contributed by atoms with E-state index in [1.54, 1.807) is 0 Å². The molecule has 0 aliphatic heterocycles. The van der Waals surface area contributed by atoms with Crippen molar-refractivity contribution in [2.75, 3.05) is 0 Å². The van der Waals surface area contributed by atoms with E-state index in [9.17, 15) is 9.59 Å². The molecule has 1 unspecified atom stereocenters. The molecule has 0 saturated carbocycles. The number of carbonyl (C=O) groups is 2. The van der Waals surface area contributed by atoms with Crippen LogP contribution in [0.25, 0.3) is 0 Å². The molecule has 18 heavy (non-hydrogen) atoms.